The number of hydrogen-bond donors (Lipinski definition) is 0. The number of hydrogen-bond acceptors (Lipinski definition) is 6. The number of piperidine rings is 1. The van der Waals surface area contributed by atoms with E-state index in [2.05, 4.69) is 19.8 Å². The molecule has 7 heteroatoms. The summed E-state index contributed by atoms with van der Waals surface area (Å²) in [6, 6.07) is 1.98. The second-order valence-corrected chi connectivity index (χ2v) is 9.23. The summed E-state index contributed by atoms with van der Waals surface area (Å²) in [5, 5.41) is 0.694. The van der Waals surface area contributed by atoms with Crippen LogP contribution in [0.25, 0.3) is 0 Å². The van der Waals surface area contributed by atoms with Gasteiger partial charge in [-0.2, -0.15) is 0 Å². The largest absolute Gasteiger partial charge is 0.371 e. The maximum atomic E-state index is 12.9. The third kappa shape index (κ3) is 3.80. The number of aliphatic imine (C=N–C) groups is 1. The van der Waals surface area contributed by atoms with Gasteiger partial charge in [-0.15, -0.1) is 0 Å². The number of halogens is 1. The summed E-state index contributed by atoms with van der Waals surface area (Å²) in [5.41, 5.74) is 0.898. The van der Waals surface area contributed by atoms with Crippen LogP contribution in [-0.4, -0.2) is 59.8 Å². The highest BCUT2D eigenvalue weighted by molar-refractivity contribution is 6.33. The van der Waals surface area contributed by atoms with Gasteiger partial charge in [-0.3, -0.25) is 14.8 Å². The van der Waals surface area contributed by atoms with Crippen molar-refractivity contribution in [3.05, 3.63) is 35.9 Å². The van der Waals surface area contributed by atoms with Crippen LogP contribution in [-0.2, 0) is 9.53 Å². The van der Waals surface area contributed by atoms with Gasteiger partial charge in [-0.1, -0.05) is 11.6 Å². The number of ether oxygens (including phenoxy) is 1. The lowest BCUT2D eigenvalue weighted by Crippen LogP contribution is -2.44. The fraction of sp³-hybridized carbons (Fsp3) is 0.591. The van der Waals surface area contributed by atoms with Crippen LogP contribution in [0, 0.1) is 11.8 Å². The van der Waals surface area contributed by atoms with Gasteiger partial charge in [0.1, 0.15) is 5.78 Å². The number of carbonyl (C=O) groups is 1. The van der Waals surface area contributed by atoms with Crippen molar-refractivity contribution < 1.29 is 9.53 Å². The second-order valence-electron chi connectivity index (χ2n) is 8.82. The molecule has 1 aromatic rings. The third-order valence-electron chi connectivity index (χ3n) is 6.96. The lowest BCUT2D eigenvalue weighted by molar-refractivity contribution is -0.131. The molecule has 3 atom stereocenters. The van der Waals surface area contributed by atoms with Gasteiger partial charge in [0.05, 0.1) is 29.0 Å². The quantitative estimate of drug-likeness (QED) is 0.759. The Hall–Kier alpha value is -1.92. The molecule has 1 aromatic heterocycles. The summed E-state index contributed by atoms with van der Waals surface area (Å²) in [7, 11) is 0. The van der Waals surface area contributed by atoms with Crippen molar-refractivity contribution in [3.8, 4) is 0 Å². The number of ketones is 1. The van der Waals surface area contributed by atoms with E-state index in [-0.39, 0.29) is 17.6 Å². The Morgan fingerprint density at radius 1 is 1.31 bits per heavy atom. The molecule has 4 aliphatic rings. The first-order valence-corrected chi connectivity index (χ1v) is 11.0. The zero-order valence-electron chi connectivity index (χ0n) is 16.5. The van der Waals surface area contributed by atoms with Gasteiger partial charge in [0.25, 0.3) is 0 Å². The number of rotatable bonds is 3. The van der Waals surface area contributed by atoms with E-state index in [1.54, 1.807) is 12.4 Å². The summed E-state index contributed by atoms with van der Waals surface area (Å²) < 4.78 is 6.64. The lowest BCUT2D eigenvalue weighted by Gasteiger charge is -2.40. The van der Waals surface area contributed by atoms with Crippen LogP contribution in [0.4, 0.5) is 5.69 Å². The van der Waals surface area contributed by atoms with Crippen LogP contribution in [0.2, 0.25) is 5.02 Å². The van der Waals surface area contributed by atoms with Crippen molar-refractivity contribution >= 4 is 29.3 Å². The molecule has 0 bridgehead atoms. The highest BCUT2D eigenvalue weighted by Crippen LogP contribution is 2.48. The number of anilines is 1. The number of Topliss-reactive ketones (excluding diaryl/α,β-unsaturated/α-hetero) is 1. The predicted octanol–water partition coefficient (Wildman–Crippen LogP) is 3.32. The highest BCUT2D eigenvalue weighted by atomic mass is 35.5. The summed E-state index contributed by atoms with van der Waals surface area (Å²) in [4.78, 5) is 25.7. The molecule has 5 rings (SSSR count). The minimum atomic E-state index is -0.145. The van der Waals surface area contributed by atoms with E-state index in [0.29, 0.717) is 23.1 Å². The zero-order valence-corrected chi connectivity index (χ0v) is 17.3. The topological polar surface area (TPSA) is 58.0 Å². The molecule has 1 saturated carbocycles. The van der Waals surface area contributed by atoms with E-state index in [1.807, 2.05) is 24.7 Å². The summed E-state index contributed by atoms with van der Waals surface area (Å²) in [6.07, 6.45) is 13.8. The van der Waals surface area contributed by atoms with Gasteiger partial charge < -0.3 is 14.5 Å². The smallest absolute Gasteiger partial charge is 0.139 e. The van der Waals surface area contributed by atoms with Crippen LogP contribution in [0.15, 0.2) is 35.9 Å². The maximum Gasteiger partial charge on any atom is 0.139 e. The van der Waals surface area contributed by atoms with E-state index in [0.717, 1.165) is 57.5 Å². The number of aromatic nitrogens is 1. The SMILES string of the molecule is O=C1CC(CN2C=CN=CC2)CC2OC3(CCN(c4ccncc4Cl)CC3)CC12. The van der Waals surface area contributed by atoms with Crippen molar-refractivity contribution in [2.75, 3.05) is 31.1 Å². The van der Waals surface area contributed by atoms with E-state index >= 15 is 0 Å². The monoisotopic (exact) mass is 414 g/mol. The first-order chi connectivity index (χ1) is 14.1. The molecule has 4 heterocycles. The predicted molar refractivity (Wildman–Crippen MR) is 113 cm³/mol. The number of pyridine rings is 1. The van der Waals surface area contributed by atoms with Crippen molar-refractivity contribution in [1.82, 2.24) is 9.88 Å². The Morgan fingerprint density at radius 3 is 2.93 bits per heavy atom. The maximum absolute atomic E-state index is 12.9. The van der Waals surface area contributed by atoms with Crippen LogP contribution in [0.1, 0.15) is 32.1 Å². The standard InChI is InChI=1S/C22H27ClN4O2/c23-18-14-25-4-1-19(18)27-7-2-22(3-8-27)13-17-20(28)11-16(12-21(17)29-22)15-26-9-5-24-6-10-26/h1,4-6,9,14,16-17,21H,2-3,7-8,10-13,15H2. The Kier molecular flexibility index (Phi) is 5.08. The molecular formula is C22H27ClN4O2. The molecule has 0 aromatic carbocycles. The molecular weight excluding hydrogens is 388 g/mol. The molecule has 1 aliphatic carbocycles. The molecule has 0 N–H and O–H groups in total. The Labute approximate surface area is 176 Å². The number of fused-ring (bicyclic) bond motifs is 1. The van der Waals surface area contributed by atoms with Crippen molar-refractivity contribution in [2.24, 2.45) is 16.8 Å². The molecule has 29 heavy (non-hydrogen) atoms. The molecule has 2 saturated heterocycles. The molecule has 154 valence electrons. The van der Waals surface area contributed by atoms with Crippen LogP contribution in [0.3, 0.4) is 0 Å². The molecule has 3 unspecified atom stereocenters. The summed E-state index contributed by atoms with van der Waals surface area (Å²) >= 11 is 6.33. The summed E-state index contributed by atoms with van der Waals surface area (Å²) in [5.74, 6) is 0.851. The van der Waals surface area contributed by atoms with Gasteiger partial charge in [0.2, 0.25) is 0 Å². The zero-order chi connectivity index (χ0) is 19.8. The number of carbonyl (C=O) groups excluding carboxylic acids is 1. The van der Waals surface area contributed by atoms with Crippen LogP contribution < -0.4 is 4.90 Å². The molecule has 3 fully saturated rings. The molecule has 1 spiro atoms. The highest BCUT2D eigenvalue weighted by Gasteiger charge is 2.52. The van der Waals surface area contributed by atoms with E-state index < -0.39 is 0 Å². The van der Waals surface area contributed by atoms with Crippen molar-refractivity contribution in [1.29, 1.82) is 0 Å². The van der Waals surface area contributed by atoms with Gasteiger partial charge in [-0.05, 0) is 37.7 Å². The lowest BCUT2D eigenvalue weighted by atomic mass is 9.75. The van der Waals surface area contributed by atoms with Crippen molar-refractivity contribution in [3.63, 3.8) is 0 Å². The van der Waals surface area contributed by atoms with Crippen LogP contribution >= 0.6 is 11.6 Å². The molecule has 6 nitrogen and oxygen atoms in total. The summed E-state index contributed by atoms with van der Waals surface area (Å²) in [6.45, 7) is 3.53. The average Bonchev–Trinajstić information content (AvgIpc) is 3.08. The van der Waals surface area contributed by atoms with Gasteiger partial charge in [-0.25, -0.2) is 0 Å². The second kappa shape index (κ2) is 7.73. The number of nitrogens with zero attached hydrogens (tertiary/aromatic N) is 4. The Balaban J connectivity index is 1.22. The first kappa shape index (κ1) is 19.1. The first-order valence-electron chi connectivity index (χ1n) is 10.6. The Morgan fingerprint density at radius 2 is 2.17 bits per heavy atom. The molecule has 3 aliphatic heterocycles. The van der Waals surface area contributed by atoms with E-state index in [4.69, 9.17) is 16.3 Å². The third-order valence-corrected chi connectivity index (χ3v) is 7.25. The molecule has 0 amide bonds. The van der Waals surface area contributed by atoms with Gasteiger partial charge >= 0.3 is 0 Å². The van der Waals surface area contributed by atoms with Crippen LogP contribution in [0.5, 0.6) is 0 Å². The Bertz CT molecular complexity index is 834. The average molecular weight is 415 g/mol. The fourth-order valence-corrected chi connectivity index (χ4v) is 5.72. The normalized spacial score (nSPS) is 30.8. The van der Waals surface area contributed by atoms with Gasteiger partial charge in [0, 0.05) is 63.0 Å². The van der Waals surface area contributed by atoms with Gasteiger partial charge in [0.15, 0.2) is 0 Å². The minimum absolute atomic E-state index is 0.0831. The fourth-order valence-electron chi connectivity index (χ4n) is 5.48. The molecule has 0 radical (unpaired) electrons. The van der Waals surface area contributed by atoms with Crippen molar-refractivity contribution in [2.45, 2.75) is 43.8 Å². The minimum Gasteiger partial charge on any atom is -0.371 e. The van der Waals surface area contributed by atoms with E-state index in [9.17, 15) is 4.79 Å². The van der Waals surface area contributed by atoms with E-state index in [1.165, 1.54) is 0 Å².